The largest absolute Gasteiger partial charge is 0.394 e. The Morgan fingerprint density at radius 1 is 1.79 bits per heavy atom. The van der Waals surface area contributed by atoms with Gasteiger partial charge in [-0.25, -0.2) is 0 Å². The van der Waals surface area contributed by atoms with Gasteiger partial charge >= 0.3 is 0 Å². The Bertz CT molecular complexity index is 305. The van der Waals surface area contributed by atoms with Crippen LogP contribution < -0.4 is 5.32 Å². The average molecular weight is 198 g/mol. The van der Waals surface area contributed by atoms with Crippen LogP contribution in [0.15, 0.2) is 10.6 Å². The fourth-order valence-electron chi connectivity index (χ4n) is 1.00. The van der Waals surface area contributed by atoms with Gasteiger partial charge in [0.2, 0.25) is 5.76 Å². The molecule has 1 heterocycles. The van der Waals surface area contributed by atoms with Crippen LogP contribution in [0.2, 0.25) is 0 Å². The topological polar surface area (TPSA) is 75.4 Å². The zero-order valence-corrected chi connectivity index (χ0v) is 8.28. The van der Waals surface area contributed by atoms with E-state index >= 15 is 0 Å². The number of aliphatic hydroxyl groups is 1. The summed E-state index contributed by atoms with van der Waals surface area (Å²) >= 11 is 0. The zero-order chi connectivity index (χ0) is 10.6. The maximum absolute atomic E-state index is 11.4. The van der Waals surface area contributed by atoms with Gasteiger partial charge in [-0.05, 0) is 13.3 Å². The van der Waals surface area contributed by atoms with Gasteiger partial charge in [-0.3, -0.25) is 4.79 Å². The molecule has 0 aliphatic rings. The molecule has 14 heavy (non-hydrogen) atoms. The summed E-state index contributed by atoms with van der Waals surface area (Å²) < 4.78 is 4.77. The van der Waals surface area contributed by atoms with Gasteiger partial charge in [0.1, 0.15) is 0 Å². The molecule has 1 amide bonds. The molecular weight excluding hydrogens is 184 g/mol. The molecule has 1 aromatic rings. The molecule has 2 N–H and O–H groups in total. The van der Waals surface area contributed by atoms with Crippen molar-refractivity contribution in [1.29, 1.82) is 0 Å². The number of carbonyl (C=O) groups excluding carboxylic acids is 1. The van der Waals surface area contributed by atoms with Gasteiger partial charge in [0.25, 0.3) is 5.91 Å². The van der Waals surface area contributed by atoms with Gasteiger partial charge in [0, 0.05) is 6.07 Å². The van der Waals surface area contributed by atoms with Crippen LogP contribution in [0.25, 0.3) is 0 Å². The molecule has 5 nitrogen and oxygen atoms in total. The smallest absolute Gasteiger partial charge is 0.290 e. The van der Waals surface area contributed by atoms with E-state index in [2.05, 4.69) is 10.5 Å². The first kappa shape index (κ1) is 10.7. The minimum absolute atomic E-state index is 0.0740. The molecule has 0 unspecified atom stereocenters. The first-order valence-corrected chi connectivity index (χ1v) is 4.52. The maximum Gasteiger partial charge on any atom is 0.290 e. The van der Waals surface area contributed by atoms with Gasteiger partial charge in [0.15, 0.2) is 0 Å². The van der Waals surface area contributed by atoms with Crippen LogP contribution in [-0.2, 0) is 0 Å². The molecule has 0 radical (unpaired) electrons. The lowest BCUT2D eigenvalue weighted by molar-refractivity contribution is 0.0877. The van der Waals surface area contributed by atoms with E-state index in [0.29, 0.717) is 12.1 Å². The highest BCUT2D eigenvalue weighted by molar-refractivity contribution is 5.91. The van der Waals surface area contributed by atoms with E-state index < -0.39 is 0 Å². The number of nitrogens with one attached hydrogen (secondary N) is 1. The van der Waals surface area contributed by atoms with Gasteiger partial charge in [-0.15, -0.1) is 0 Å². The predicted octanol–water partition coefficient (Wildman–Crippen LogP) is 0.484. The van der Waals surface area contributed by atoms with Crippen molar-refractivity contribution >= 4 is 5.91 Å². The fourth-order valence-corrected chi connectivity index (χ4v) is 1.00. The Morgan fingerprint density at radius 3 is 2.93 bits per heavy atom. The number of aliphatic hydroxyl groups excluding tert-OH is 1. The van der Waals surface area contributed by atoms with E-state index in [4.69, 9.17) is 9.63 Å². The first-order valence-electron chi connectivity index (χ1n) is 4.52. The Kier molecular flexibility index (Phi) is 3.64. The van der Waals surface area contributed by atoms with E-state index in [1.54, 1.807) is 13.0 Å². The second kappa shape index (κ2) is 4.76. The lowest BCUT2D eigenvalue weighted by atomic mass is 10.2. The molecule has 0 aliphatic carbocycles. The van der Waals surface area contributed by atoms with Crippen LogP contribution in [0, 0.1) is 6.92 Å². The predicted molar refractivity (Wildman–Crippen MR) is 49.9 cm³/mol. The van der Waals surface area contributed by atoms with E-state index in [9.17, 15) is 4.79 Å². The van der Waals surface area contributed by atoms with Crippen LogP contribution in [0.3, 0.4) is 0 Å². The molecule has 0 saturated heterocycles. The lowest BCUT2D eigenvalue weighted by Crippen LogP contribution is -2.36. The summed E-state index contributed by atoms with van der Waals surface area (Å²) in [4.78, 5) is 11.4. The standard InChI is InChI=1S/C9H14N2O3/c1-3-7(5-12)10-9(13)8-4-6(2)11-14-8/h4,7,12H,3,5H2,1-2H3,(H,10,13)/t7-/m1/s1. The summed E-state index contributed by atoms with van der Waals surface area (Å²) in [6, 6.07) is 1.33. The van der Waals surface area contributed by atoms with Crippen molar-refractivity contribution in [1.82, 2.24) is 10.5 Å². The number of hydrogen-bond acceptors (Lipinski definition) is 4. The maximum atomic E-state index is 11.4. The third kappa shape index (κ3) is 2.56. The van der Waals surface area contributed by atoms with Gasteiger partial charge in [-0.1, -0.05) is 12.1 Å². The van der Waals surface area contributed by atoms with Crippen LogP contribution in [-0.4, -0.2) is 28.8 Å². The highest BCUT2D eigenvalue weighted by Crippen LogP contribution is 2.02. The molecule has 0 aromatic carbocycles. The molecule has 78 valence electrons. The van der Waals surface area contributed by atoms with E-state index in [1.165, 1.54) is 0 Å². The SMILES string of the molecule is CC[C@H](CO)NC(=O)c1cc(C)no1. The zero-order valence-electron chi connectivity index (χ0n) is 8.28. The Labute approximate surface area is 82.1 Å². The van der Waals surface area contributed by atoms with Crippen molar-refractivity contribution < 1.29 is 14.4 Å². The molecule has 0 aliphatic heterocycles. The van der Waals surface area contributed by atoms with Gasteiger partial charge < -0.3 is 14.9 Å². The summed E-state index contributed by atoms with van der Waals surface area (Å²) in [7, 11) is 0. The third-order valence-corrected chi connectivity index (χ3v) is 1.90. The third-order valence-electron chi connectivity index (χ3n) is 1.90. The van der Waals surface area contributed by atoms with Gasteiger partial charge in [0.05, 0.1) is 18.3 Å². The second-order valence-electron chi connectivity index (χ2n) is 3.09. The second-order valence-corrected chi connectivity index (χ2v) is 3.09. The monoisotopic (exact) mass is 198 g/mol. The fraction of sp³-hybridized carbons (Fsp3) is 0.556. The van der Waals surface area contributed by atoms with Crippen molar-refractivity contribution in [3.05, 3.63) is 17.5 Å². The van der Waals surface area contributed by atoms with Crippen molar-refractivity contribution in [3.8, 4) is 0 Å². The summed E-state index contributed by atoms with van der Waals surface area (Å²) in [5.41, 5.74) is 0.659. The molecule has 5 heteroatoms. The number of amides is 1. The first-order chi connectivity index (χ1) is 6.67. The van der Waals surface area contributed by atoms with E-state index in [1.807, 2.05) is 6.92 Å². The van der Waals surface area contributed by atoms with Crippen LogP contribution >= 0.6 is 0 Å². The molecule has 0 fully saturated rings. The van der Waals surface area contributed by atoms with Crippen LogP contribution in [0.5, 0.6) is 0 Å². The number of aryl methyl sites for hydroxylation is 1. The van der Waals surface area contributed by atoms with Crippen molar-refractivity contribution in [2.24, 2.45) is 0 Å². The summed E-state index contributed by atoms with van der Waals surface area (Å²) in [6.07, 6.45) is 0.676. The van der Waals surface area contributed by atoms with Crippen molar-refractivity contribution in [2.75, 3.05) is 6.61 Å². The van der Waals surface area contributed by atoms with Crippen molar-refractivity contribution in [3.63, 3.8) is 0 Å². The molecule has 0 spiro atoms. The number of aromatic nitrogens is 1. The number of rotatable bonds is 4. The highest BCUT2D eigenvalue weighted by Gasteiger charge is 2.14. The number of hydrogen-bond donors (Lipinski definition) is 2. The summed E-state index contributed by atoms with van der Waals surface area (Å²) in [5.74, 6) is -0.166. The minimum Gasteiger partial charge on any atom is -0.394 e. The van der Waals surface area contributed by atoms with Crippen LogP contribution in [0.4, 0.5) is 0 Å². The molecule has 0 bridgehead atoms. The van der Waals surface area contributed by atoms with Crippen LogP contribution in [0.1, 0.15) is 29.6 Å². The average Bonchev–Trinajstić information content (AvgIpc) is 2.61. The van der Waals surface area contributed by atoms with E-state index in [-0.39, 0.29) is 24.3 Å². The minimum atomic E-state index is -0.341. The normalized spacial score (nSPS) is 12.5. The Balaban J connectivity index is 2.58. The van der Waals surface area contributed by atoms with Gasteiger partial charge in [-0.2, -0.15) is 0 Å². The Hall–Kier alpha value is -1.36. The summed E-state index contributed by atoms with van der Waals surface area (Å²) in [5, 5.41) is 15.1. The molecule has 1 atom stereocenters. The summed E-state index contributed by atoms with van der Waals surface area (Å²) in [6.45, 7) is 3.55. The molecule has 0 saturated carbocycles. The lowest BCUT2D eigenvalue weighted by Gasteiger charge is -2.11. The molecule has 1 aromatic heterocycles. The van der Waals surface area contributed by atoms with Crippen molar-refractivity contribution in [2.45, 2.75) is 26.3 Å². The Morgan fingerprint density at radius 2 is 2.50 bits per heavy atom. The number of carbonyl (C=O) groups is 1. The molecule has 1 rings (SSSR count). The quantitative estimate of drug-likeness (QED) is 0.738. The number of nitrogens with zero attached hydrogens (tertiary/aromatic N) is 1. The molecular formula is C9H14N2O3. The van der Waals surface area contributed by atoms with E-state index in [0.717, 1.165) is 0 Å². The highest BCUT2D eigenvalue weighted by atomic mass is 16.5.